The van der Waals surface area contributed by atoms with E-state index in [-0.39, 0.29) is 0 Å². The highest BCUT2D eigenvalue weighted by Crippen LogP contribution is 2.25. The van der Waals surface area contributed by atoms with Crippen LogP contribution in [0.5, 0.6) is 0 Å². The van der Waals surface area contributed by atoms with Crippen LogP contribution in [0.2, 0.25) is 0 Å². The van der Waals surface area contributed by atoms with Crippen LogP contribution in [0.15, 0.2) is 0 Å². The molecule has 0 unspecified atom stereocenters. The maximum Gasteiger partial charge on any atom is 0.222 e. The van der Waals surface area contributed by atoms with Crippen molar-refractivity contribution < 1.29 is 9.53 Å². The molecule has 0 radical (unpaired) electrons. The van der Waals surface area contributed by atoms with Gasteiger partial charge in [0.1, 0.15) is 0 Å². The summed E-state index contributed by atoms with van der Waals surface area (Å²) in [5, 5.41) is 3.08. The Kier molecular flexibility index (Phi) is 6.11. The highest BCUT2D eigenvalue weighted by Gasteiger charge is 2.26. The quantitative estimate of drug-likeness (QED) is 0.749. The van der Waals surface area contributed by atoms with Crippen LogP contribution in [0.3, 0.4) is 0 Å². The number of rotatable bonds is 6. The van der Waals surface area contributed by atoms with Crippen molar-refractivity contribution in [3.8, 4) is 0 Å². The first kappa shape index (κ1) is 14.8. The smallest absolute Gasteiger partial charge is 0.222 e. The summed E-state index contributed by atoms with van der Waals surface area (Å²) in [5.74, 6) is 0.314. The Labute approximate surface area is 116 Å². The van der Waals surface area contributed by atoms with E-state index in [9.17, 15) is 4.79 Å². The minimum Gasteiger partial charge on any atom is -0.375 e. The molecular formula is C15H28N2O2. The molecule has 2 rings (SSSR count). The third-order valence-corrected chi connectivity index (χ3v) is 4.30. The third-order valence-electron chi connectivity index (χ3n) is 4.30. The van der Waals surface area contributed by atoms with Crippen molar-refractivity contribution in [1.82, 2.24) is 10.2 Å². The number of likely N-dealkylation sites (tertiary alicyclic amines) is 1. The normalized spacial score (nSPS) is 22.1. The lowest BCUT2D eigenvalue weighted by atomic mass is 10.1. The first-order valence-corrected chi connectivity index (χ1v) is 7.87. The first-order valence-electron chi connectivity index (χ1n) is 7.87. The third kappa shape index (κ3) is 4.77. The number of nitrogens with one attached hydrogen (secondary N) is 1. The number of hydrogen-bond donors (Lipinski definition) is 1. The second kappa shape index (κ2) is 7.85. The van der Waals surface area contributed by atoms with Gasteiger partial charge in [0.15, 0.2) is 0 Å². The lowest BCUT2D eigenvalue weighted by Crippen LogP contribution is -2.41. The minimum atomic E-state index is 0.314. The van der Waals surface area contributed by atoms with Gasteiger partial charge in [-0.3, -0.25) is 4.79 Å². The topological polar surface area (TPSA) is 41.6 Å². The maximum atomic E-state index is 12.0. The predicted octanol–water partition coefficient (Wildman–Crippen LogP) is 1.94. The van der Waals surface area contributed by atoms with E-state index in [2.05, 4.69) is 5.32 Å². The Balaban J connectivity index is 1.62. The average Bonchev–Trinajstić information content (AvgIpc) is 2.93. The van der Waals surface area contributed by atoms with Crippen LogP contribution in [0.1, 0.15) is 51.4 Å². The number of hydrogen-bond acceptors (Lipinski definition) is 3. The van der Waals surface area contributed by atoms with E-state index in [1.807, 2.05) is 11.9 Å². The number of piperidine rings is 1. The zero-order chi connectivity index (χ0) is 13.5. The minimum absolute atomic E-state index is 0.314. The zero-order valence-corrected chi connectivity index (χ0v) is 12.2. The van der Waals surface area contributed by atoms with Gasteiger partial charge < -0.3 is 15.0 Å². The Bertz CT molecular complexity index is 269. The van der Waals surface area contributed by atoms with Crippen LogP contribution in [0.25, 0.3) is 0 Å². The van der Waals surface area contributed by atoms with Gasteiger partial charge in [0.25, 0.3) is 0 Å². The van der Waals surface area contributed by atoms with Crippen LogP contribution >= 0.6 is 0 Å². The summed E-state index contributed by atoms with van der Waals surface area (Å²) in [6, 6.07) is 0. The summed E-state index contributed by atoms with van der Waals surface area (Å²) in [6.07, 6.45) is 9.69. The fraction of sp³-hybridized carbons (Fsp3) is 0.933. The molecule has 2 aliphatic rings. The summed E-state index contributed by atoms with van der Waals surface area (Å²) in [7, 11) is 1.93. The molecule has 1 N–H and O–H groups in total. The standard InChI is InChI=1S/C15H28N2O2/c1-16-10-4-7-15(18)17-11-8-14(9-12-17)19-13-5-2-3-6-13/h13-14,16H,2-12H2,1H3. The van der Waals surface area contributed by atoms with Gasteiger partial charge in [-0.2, -0.15) is 0 Å². The number of amides is 1. The summed E-state index contributed by atoms with van der Waals surface area (Å²) in [5.41, 5.74) is 0. The van der Waals surface area contributed by atoms with Crippen molar-refractivity contribution in [1.29, 1.82) is 0 Å². The van der Waals surface area contributed by atoms with Crippen molar-refractivity contribution >= 4 is 5.91 Å². The Morgan fingerprint density at radius 3 is 2.42 bits per heavy atom. The lowest BCUT2D eigenvalue weighted by Gasteiger charge is -2.33. The van der Waals surface area contributed by atoms with Gasteiger partial charge in [-0.05, 0) is 45.7 Å². The van der Waals surface area contributed by atoms with E-state index in [1.165, 1.54) is 25.7 Å². The van der Waals surface area contributed by atoms with E-state index >= 15 is 0 Å². The summed E-state index contributed by atoms with van der Waals surface area (Å²) in [4.78, 5) is 14.0. The van der Waals surface area contributed by atoms with Gasteiger partial charge in [0.2, 0.25) is 5.91 Å². The average molecular weight is 268 g/mol. The highest BCUT2D eigenvalue weighted by molar-refractivity contribution is 5.76. The van der Waals surface area contributed by atoms with E-state index in [1.54, 1.807) is 0 Å². The highest BCUT2D eigenvalue weighted by atomic mass is 16.5. The number of carbonyl (C=O) groups excluding carboxylic acids is 1. The summed E-state index contributed by atoms with van der Waals surface area (Å²) < 4.78 is 6.13. The molecule has 1 aliphatic carbocycles. The van der Waals surface area contributed by atoms with E-state index < -0.39 is 0 Å². The Morgan fingerprint density at radius 2 is 1.79 bits per heavy atom. The van der Waals surface area contributed by atoms with Gasteiger partial charge >= 0.3 is 0 Å². The molecular weight excluding hydrogens is 240 g/mol. The van der Waals surface area contributed by atoms with Gasteiger partial charge in [-0.15, -0.1) is 0 Å². The van der Waals surface area contributed by atoms with Crippen LogP contribution < -0.4 is 5.32 Å². The Hall–Kier alpha value is -0.610. The molecule has 1 saturated carbocycles. The zero-order valence-electron chi connectivity index (χ0n) is 12.2. The molecule has 1 amide bonds. The molecule has 0 atom stereocenters. The van der Waals surface area contributed by atoms with Crippen LogP contribution in [-0.2, 0) is 9.53 Å². The summed E-state index contributed by atoms with van der Waals surface area (Å²) >= 11 is 0. The fourth-order valence-corrected chi connectivity index (χ4v) is 3.11. The molecule has 1 aliphatic heterocycles. The lowest BCUT2D eigenvalue weighted by molar-refractivity contribution is -0.134. The molecule has 0 aromatic rings. The molecule has 0 bridgehead atoms. The van der Waals surface area contributed by atoms with Crippen LogP contribution in [0, 0.1) is 0 Å². The number of nitrogens with zero attached hydrogens (tertiary/aromatic N) is 1. The van der Waals surface area contributed by atoms with Crippen LogP contribution in [0.4, 0.5) is 0 Å². The number of carbonyl (C=O) groups is 1. The molecule has 1 saturated heterocycles. The second-order valence-corrected chi connectivity index (χ2v) is 5.83. The maximum absolute atomic E-state index is 12.0. The Morgan fingerprint density at radius 1 is 1.16 bits per heavy atom. The summed E-state index contributed by atoms with van der Waals surface area (Å²) in [6.45, 7) is 2.69. The second-order valence-electron chi connectivity index (χ2n) is 5.83. The van der Waals surface area contributed by atoms with Crippen molar-refractivity contribution in [2.24, 2.45) is 0 Å². The van der Waals surface area contributed by atoms with Crippen molar-refractivity contribution in [2.45, 2.75) is 63.6 Å². The van der Waals surface area contributed by atoms with E-state index in [0.29, 0.717) is 24.5 Å². The SMILES string of the molecule is CNCCCC(=O)N1CCC(OC2CCCC2)CC1. The molecule has 110 valence electrons. The predicted molar refractivity (Wildman–Crippen MR) is 76.1 cm³/mol. The van der Waals surface area contributed by atoms with Crippen LogP contribution in [-0.4, -0.2) is 49.7 Å². The monoisotopic (exact) mass is 268 g/mol. The van der Waals surface area contributed by atoms with Crippen molar-refractivity contribution in [3.63, 3.8) is 0 Å². The van der Waals surface area contributed by atoms with Gasteiger partial charge in [-0.1, -0.05) is 12.8 Å². The molecule has 4 nitrogen and oxygen atoms in total. The molecule has 0 aromatic heterocycles. The van der Waals surface area contributed by atoms with Gasteiger partial charge in [0.05, 0.1) is 12.2 Å². The first-order chi connectivity index (χ1) is 9.29. The molecule has 19 heavy (non-hydrogen) atoms. The number of ether oxygens (including phenoxy) is 1. The van der Waals surface area contributed by atoms with Crippen molar-refractivity contribution in [2.75, 3.05) is 26.7 Å². The molecule has 0 spiro atoms. The van der Waals surface area contributed by atoms with Crippen molar-refractivity contribution in [3.05, 3.63) is 0 Å². The fourth-order valence-electron chi connectivity index (χ4n) is 3.11. The van der Waals surface area contributed by atoms with Gasteiger partial charge in [-0.25, -0.2) is 0 Å². The molecule has 4 heteroatoms. The largest absolute Gasteiger partial charge is 0.375 e. The van der Waals surface area contributed by atoms with E-state index in [4.69, 9.17) is 4.74 Å². The molecule has 1 heterocycles. The molecule has 2 fully saturated rings. The van der Waals surface area contributed by atoms with E-state index in [0.717, 1.165) is 38.9 Å². The van der Waals surface area contributed by atoms with Gasteiger partial charge in [0, 0.05) is 19.5 Å². The molecule has 0 aromatic carbocycles.